The first-order chi connectivity index (χ1) is 12.8. The number of amides is 1. The van der Waals surface area contributed by atoms with Crippen LogP contribution < -0.4 is 16.4 Å². The summed E-state index contributed by atoms with van der Waals surface area (Å²) in [4.78, 5) is 15.4. The molecule has 144 valence electrons. The Morgan fingerprint density at radius 2 is 1.56 bits per heavy atom. The van der Waals surface area contributed by atoms with Gasteiger partial charge in [0, 0.05) is 25.7 Å². The Morgan fingerprint density at radius 3 is 2.07 bits per heavy atom. The van der Waals surface area contributed by atoms with E-state index in [-0.39, 0.29) is 5.41 Å². The van der Waals surface area contributed by atoms with Crippen molar-refractivity contribution < 1.29 is 4.79 Å². The number of hydrogen-bond acceptors (Lipinski definition) is 2. The van der Waals surface area contributed by atoms with E-state index >= 15 is 0 Å². The highest BCUT2D eigenvalue weighted by Gasteiger charge is 2.12. The third-order valence-corrected chi connectivity index (χ3v) is 4.45. The van der Waals surface area contributed by atoms with Crippen LogP contribution >= 0.6 is 0 Å². The van der Waals surface area contributed by atoms with Crippen molar-refractivity contribution in [3.8, 4) is 0 Å². The van der Waals surface area contributed by atoms with Gasteiger partial charge in [-0.05, 0) is 40.7 Å². The van der Waals surface area contributed by atoms with E-state index in [1.54, 1.807) is 19.2 Å². The zero-order valence-electron chi connectivity index (χ0n) is 16.7. The molecule has 0 saturated carbocycles. The lowest BCUT2D eigenvalue weighted by Gasteiger charge is -2.19. The second kappa shape index (κ2) is 9.21. The Balaban J connectivity index is 1.79. The lowest BCUT2D eigenvalue weighted by molar-refractivity contribution is 0.100. The topological polar surface area (TPSA) is 79.5 Å². The number of hydrogen-bond donors (Lipinski definition) is 3. The number of aliphatic imine (C=N–C) groups is 1. The second-order valence-electron chi connectivity index (χ2n) is 7.61. The number of benzene rings is 2. The molecule has 0 aliphatic rings. The first-order valence-corrected chi connectivity index (χ1v) is 9.22. The SMILES string of the molecule is CN=C(NCCc1ccc(C(C)(C)C)cc1)NCc1ccc(C(N)=O)cc1. The summed E-state index contributed by atoms with van der Waals surface area (Å²) in [6, 6.07) is 16.0. The molecule has 4 N–H and O–H groups in total. The smallest absolute Gasteiger partial charge is 0.248 e. The highest BCUT2D eigenvalue weighted by molar-refractivity contribution is 5.92. The predicted molar refractivity (Wildman–Crippen MR) is 112 cm³/mol. The van der Waals surface area contributed by atoms with Gasteiger partial charge in [-0.25, -0.2) is 0 Å². The van der Waals surface area contributed by atoms with E-state index < -0.39 is 5.91 Å². The third kappa shape index (κ3) is 6.44. The fourth-order valence-corrected chi connectivity index (χ4v) is 2.69. The van der Waals surface area contributed by atoms with Gasteiger partial charge in [-0.1, -0.05) is 57.2 Å². The third-order valence-electron chi connectivity index (χ3n) is 4.45. The van der Waals surface area contributed by atoms with E-state index in [9.17, 15) is 4.79 Å². The van der Waals surface area contributed by atoms with Gasteiger partial charge in [0.2, 0.25) is 5.91 Å². The molecule has 0 bridgehead atoms. The highest BCUT2D eigenvalue weighted by Crippen LogP contribution is 2.22. The first-order valence-electron chi connectivity index (χ1n) is 9.22. The Hall–Kier alpha value is -2.82. The predicted octanol–water partition coefficient (Wildman–Crippen LogP) is 2.99. The quantitative estimate of drug-likeness (QED) is 0.543. The molecule has 0 unspecified atom stereocenters. The molecule has 1 amide bonds. The van der Waals surface area contributed by atoms with Crippen LogP contribution in [0.4, 0.5) is 0 Å². The molecule has 0 aromatic heterocycles. The second-order valence-corrected chi connectivity index (χ2v) is 7.61. The minimum Gasteiger partial charge on any atom is -0.366 e. The number of carbonyl (C=O) groups is 1. The van der Waals surface area contributed by atoms with E-state index in [2.05, 4.69) is 60.7 Å². The van der Waals surface area contributed by atoms with Crippen molar-refractivity contribution in [3.05, 3.63) is 70.8 Å². The van der Waals surface area contributed by atoms with E-state index in [4.69, 9.17) is 5.73 Å². The van der Waals surface area contributed by atoms with Crippen LogP contribution in [0.25, 0.3) is 0 Å². The number of rotatable bonds is 6. The monoisotopic (exact) mass is 366 g/mol. The molecule has 0 radical (unpaired) electrons. The molecule has 0 fully saturated rings. The molecule has 0 aliphatic heterocycles. The average molecular weight is 367 g/mol. The van der Waals surface area contributed by atoms with E-state index in [0.717, 1.165) is 24.5 Å². The number of primary amides is 1. The standard InChI is InChI=1S/C22H30N4O/c1-22(2,3)19-11-7-16(8-12-19)13-14-25-21(24-4)26-15-17-5-9-18(10-6-17)20(23)27/h5-12H,13-15H2,1-4H3,(H2,23,27)(H2,24,25,26). The Morgan fingerprint density at radius 1 is 0.963 bits per heavy atom. The van der Waals surface area contributed by atoms with Crippen LogP contribution in [-0.2, 0) is 18.4 Å². The van der Waals surface area contributed by atoms with Crippen molar-refractivity contribution in [3.63, 3.8) is 0 Å². The molecule has 5 nitrogen and oxygen atoms in total. The van der Waals surface area contributed by atoms with Gasteiger partial charge in [0.1, 0.15) is 0 Å². The summed E-state index contributed by atoms with van der Waals surface area (Å²) in [6.07, 6.45) is 0.929. The van der Waals surface area contributed by atoms with Crippen molar-refractivity contribution in [2.24, 2.45) is 10.7 Å². The zero-order valence-corrected chi connectivity index (χ0v) is 16.7. The maximum atomic E-state index is 11.1. The van der Waals surface area contributed by atoms with E-state index in [1.807, 2.05) is 12.1 Å². The molecule has 0 atom stereocenters. The molecule has 2 aromatic rings. The lowest BCUT2D eigenvalue weighted by Crippen LogP contribution is -2.37. The molecular formula is C22H30N4O. The molecule has 0 spiro atoms. The van der Waals surface area contributed by atoms with Crippen LogP contribution in [0.15, 0.2) is 53.5 Å². The van der Waals surface area contributed by atoms with Gasteiger partial charge in [0.25, 0.3) is 0 Å². The van der Waals surface area contributed by atoms with Gasteiger partial charge in [-0.2, -0.15) is 0 Å². The molecular weight excluding hydrogens is 336 g/mol. The Labute approximate surface area is 162 Å². The summed E-state index contributed by atoms with van der Waals surface area (Å²) in [5.41, 5.74) is 9.65. The summed E-state index contributed by atoms with van der Waals surface area (Å²) in [5.74, 6) is 0.336. The Bertz CT molecular complexity index is 771. The summed E-state index contributed by atoms with van der Waals surface area (Å²) >= 11 is 0. The van der Waals surface area contributed by atoms with Crippen LogP contribution in [0, 0.1) is 0 Å². The minimum atomic E-state index is -0.414. The van der Waals surface area contributed by atoms with Crippen molar-refractivity contribution in [1.82, 2.24) is 10.6 Å². The molecule has 0 aliphatic carbocycles. The van der Waals surface area contributed by atoms with E-state index in [1.165, 1.54) is 11.1 Å². The first kappa shape index (κ1) is 20.5. The highest BCUT2D eigenvalue weighted by atomic mass is 16.1. The molecule has 0 saturated heterocycles. The lowest BCUT2D eigenvalue weighted by atomic mass is 9.86. The van der Waals surface area contributed by atoms with Crippen molar-refractivity contribution in [1.29, 1.82) is 0 Å². The van der Waals surface area contributed by atoms with Crippen molar-refractivity contribution >= 4 is 11.9 Å². The van der Waals surface area contributed by atoms with Gasteiger partial charge in [0.05, 0.1) is 0 Å². The normalized spacial score (nSPS) is 11.9. The van der Waals surface area contributed by atoms with Crippen molar-refractivity contribution in [2.75, 3.05) is 13.6 Å². The summed E-state index contributed by atoms with van der Waals surface area (Å²) < 4.78 is 0. The van der Waals surface area contributed by atoms with Gasteiger partial charge >= 0.3 is 0 Å². The minimum absolute atomic E-state index is 0.179. The van der Waals surface area contributed by atoms with Gasteiger partial charge in [-0.3, -0.25) is 9.79 Å². The fourth-order valence-electron chi connectivity index (χ4n) is 2.69. The molecule has 2 rings (SSSR count). The Kier molecular flexibility index (Phi) is 6.99. The molecule has 2 aromatic carbocycles. The summed E-state index contributed by atoms with van der Waals surface area (Å²) in [7, 11) is 1.75. The average Bonchev–Trinajstić information content (AvgIpc) is 2.64. The molecule has 5 heteroatoms. The zero-order chi connectivity index (χ0) is 19.9. The molecule has 27 heavy (non-hydrogen) atoms. The number of nitrogens with two attached hydrogens (primary N) is 1. The van der Waals surface area contributed by atoms with Gasteiger partial charge in [0.15, 0.2) is 5.96 Å². The van der Waals surface area contributed by atoms with Crippen LogP contribution in [0.3, 0.4) is 0 Å². The maximum absolute atomic E-state index is 11.1. The van der Waals surface area contributed by atoms with Crippen LogP contribution in [0.1, 0.15) is 47.8 Å². The molecule has 0 heterocycles. The largest absolute Gasteiger partial charge is 0.366 e. The van der Waals surface area contributed by atoms with Gasteiger partial charge < -0.3 is 16.4 Å². The fraction of sp³-hybridized carbons (Fsp3) is 0.364. The van der Waals surface area contributed by atoms with Gasteiger partial charge in [-0.15, -0.1) is 0 Å². The van der Waals surface area contributed by atoms with Crippen molar-refractivity contribution in [2.45, 2.75) is 39.2 Å². The number of nitrogens with one attached hydrogen (secondary N) is 2. The van der Waals surface area contributed by atoms with E-state index in [0.29, 0.717) is 12.1 Å². The summed E-state index contributed by atoms with van der Waals surface area (Å²) in [5, 5.41) is 6.60. The summed E-state index contributed by atoms with van der Waals surface area (Å²) in [6.45, 7) is 8.09. The number of guanidine groups is 1. The number of carbonyl (C=O) groups excluding carboxylic acids is 1. The van der Waals surface area contributed by atoms with Crippen LogP contribution in [-0.4, -0.2) is 25.5 Å². The van der Waals surface area contributed by atoms with Crippen LogP contribution in [0.2, 0.25) is 0 Å². The maximum Gasteiger partial charge on any atom is 0.248 e. The number of nitrogens with zero attached hydrogens (tertiary/aromatic N) is 1. The van der Waals surface area contributed by atoms with Crippen LogP contribution in [0.5, 0.6) is 0 Å².